The summed E-state index contributed by atoms with van der Waals surface area (Å²) in [6.07, 6.45) is 6.23. The summed E-state index contributed by atoms with van der Waals surface area (Å²) in [5, 5.41) is 4.96. The number of thiazole rings is 1. The van der Waals surface area contributed by atoms with Crippen LogP contribution in [0.4, 0.5) is 0 Å². The van der Waals surface area contributed by atoms with Gasteiger partial charge in [0, 0.05) is 30.9 Å². The van der Waals surface area contributed by atoms with Crippen LogP contribution in [0.15, 0.2) is 22.6 Å². The van der Waals surface area contributed by atoms with E-state index in [1.54, 1.807) is 16.5 Å². The Bertz CT molecular complexity index is 722. The van der Waals surface area contributed by atoms with Crippen LogP contribution in [0.5, 0.6) is 0 Å². The Labute approximate surface area is 144 Å². The minimum Gasteiger partial charge on any atom is -0.338 e. The zero-order valence-electron chi connectivity index (χ0n) is 13.0. The molecule has 6 nitrogen and oxygen atoms in total. The number of hydrogen-bond acceptors (Lipinski definition) is 5. The topological polar surface area (TPSA) is 66.7 Å². The molecule has 1 fully saturated rings. The Morgan fingerprint density at radius 2 is 2.17 bits per heavy atom. The van der Waals surface area contributed by atoms with Crippen LogP contribution in [0.25, 0.3) is 4.96 Å². The number of aromatic nitrogens is 2. The highest BCUT2D eigenvalue weighted by Crippen LogP contribution is 2.21. The second kappa shape index (κ2) is 7.90. The van der Waals surface area contributed by atoms with Crippen molar-refractivity contribution in [2.24, 2.45) is 5.92 Å². The average molecular weight is 357 g/mol. The average Bonchev–Trinajstić information content (AvgIpc) is 3.03. The third kappa shape index (κ3) is 3.73. The first-order chi connectivity index (χ1) is 10.7. The van der Waals surface area contributed by atoms with E-state index >= 15 is 0 Å². The summed E-state index contributed by atoms with van der Waals surface area (Å²) in [5.41, 5.74) is -0.0990. The summed E-state index contributed by atoms with van der Waals surface area (Å²) in [6, 6.07) is 0. The third-order valence-corrected chi connectivity index (χ3v) is 5.05. The molecule has 0 unspecified atom stereocenters. The molecule has 0 saturated carbocycles. The van der Waals surface area contributed by atoms with Crippen LogP contribution in [0.2, 0.25) is 0 Å². The zero-order chi connectivity index (χ0) is 15.5. The fourth-order valence-corrected chi connectivity index (χ4v) is 3.59. The van der Waals surface area contributed by atoms with Gasteiger partial charge in [-0.2, -0.15) is 0 Å². The lowest BCUT2D eigenvalue weighted by Gasteiger charge is -2.31. The van der Waals surface area contributed by atoms with Crippen molar-refractivity contribution in [3.05, 3.63) is 33.7 Å². The third-order valence-electron chi connectivity index (χ3n) is 4.28. The van der Waals surface area contributed by atoms with Crippen LogP contribution < -0.4 is 10.9 Å². The van der Waals surface area contributed by atoms with E-state index in [1.165, 1.54) is 21.9 Å². The number of hydrogen-bond donors (Lipinski definition) is 1. The van der Waals surface area contributed by atoms with Crippen molar-refractivity contribution in [1.82, 2.24) is 19.6 Å². The molecule has 23 heavy (non-hydrogen) atoms. The predicted octanol–water partition coefficient (Wildman–Crippen LogP) is 1.64. The fourth-order valence-electron chi connectivity index (χ4n) is 2.91. The van der Waals surface area contributed by atoms with Gasteiger partial charge < -0.3 is 10.2 Å². The lowest BCUT2D eigenvalue weighted by atomic mass is 9.93. The molecule has 126 valence electrons. The van der Waals surface area contributed by atoms with E-state index in [4.69, 9.17) is 0 Å². The molecule has 1 amide bonds. The Morgan fingerprint density at radius 1 is 1.43 bits per heavy atom. The van der Waals surface area contributed by atoms with Gasteiger partial charge in [0.2, 0.25) is 0 Å². The lowest BCUT2D eigenvalue weighted by molar-refractivity contribution is 0.0684. The number of piperidine rings is 1. The van der Waals surface area contributed by atoms with Crippen LogP contribution in [-0.4, -0.2) is 46.9 Å². The van der Waals surface area contributed by atoms with Crippen molar-refractivity contribution in [2.75, 3.05) is 26.7 Å². The largest absolute Gasteiger partial charge is 0.338 e. The highest BCUT2D eigenvalue weighted by molar-refractivity contribution is 7.15. The first-order valence-electron chi connectivity index (χ1n) is 7.59. The fraction of sp³-hybridized carbons (Fsp3) is 0.533. The van der Waals surface area contributed by atoms with E-state index < -0.39 is 0 Å². The predicted molar refractivity (Wildman–Crippen MR) is 93.8 cm³/mol. The molecule has 0 aromatic carbocycles. The van der Waals surface area contributed by atoms with E-state index in [0.717, 1.165) is 38.9 Å². The second-order valence-corrected chi connectivity index (χ2v) is 6.53. The van der Waals surface area contributed by atoms with Gasteiger partial charge in [0.1, 0.15) is 5.56 Å². The molecule has 8 heteroatoms. The zero-order valence-corrected chi connectivity index (χ0v) is 14.7. The molecular weight excluding hydrogens is 336 g/mol. The minimum atomic E-state index is -0.270. The minimum absolute atomic E-state index is 0. The summed E-state index contributed by atoms with van der Waals surface area (Å²) in [5.74, 6) is 0.472. The van der Waals surface area contributed by atoms with Gasteiger partial charge in [-0.1, -0.05) is 0 Å². The molecule has 0 bridgehead atoms. The maximum atomic E-state index is 12.6. The first kappa shape index (κ1) is 17.9. The van der Waals surface area contributed by atoms with Crippen LogP contribution >= 0.6 is 23.7 Å². The van der Waals surface area contributed by atoms with E-state index in [9.17, 15) is 9.59 Å². The van der Waals surface area contributed by atoms with Gasteiger partial charge in [0.15, 0.2) is 4.96 Å². The van der Waals surface area contributed by atoms with Crippen molar-refractivity contribution < 1.29 is 4.79 Å². The second-order valence-electron chi connectivity index (χ2n) is 5.66. The molecule has 2 aromatic rings. The molecule has 0 atom stereocenters. The van der Waals surface area contributed by atoms with E-state index in [1.807, 2.05) is 7.05 Å². The number of rotatable bonds is 4. The van der Waals surface area contributed by atoms with Crippen LogP contribution in [0, 0.1) is 5.92 Å². The molecule has 1 saturated heterocycles. The SMILES string of the molecule is CNCCC1CCN(C(=O)c2cnc3sccn3c2=O)CC1.Cl. The quantitative estimate of drug-likeness (QED) is 0.904. The number of carbonyl (C=O) groups is 1. The van der Waals surface area contributed by atoms with Crippen molar-refractivity contribution in [2.45, 2.75) is 19.3 Å². The maximum absolute atomic E-state index is 12.6. The summed E-state index contributed by atoms with van der Waals surface area (Å²) < 4.78 is 1.44. The molecule has 2 aromatic heterocycles. The van der Waals surface area contributed by atoms with Gasteiger partial charge in [0.25, 0.3) is 11.5 Å². The lowest BCUT2D eigenvalue weighted by Crippen LogP contribution is -2.41. The number of fused-ring (bicyclic) bond motifs is 1. The standard InChI is InChI=1S/C15H20N4O2S.ClH/c1-16-5-2-11-3-6-18(7-4-11)13(20)12-10-17-15-19(14(12)21)8-9-22-15;/h8-11,16H,2-7H2,1H3;1H. The molecule has 1 N–H and O–H groups in total. The molecule has 1 aliphatic rings. The number of carbonyl (C=O) groups excluding carboxylic acids is 1. The summed E-state index contributed by atoms with van der Waals surface area (Å²) in [7, 11) is 1.96. The molecule has 0 radical (unpaired) electrons. The molecule has 3 rings (SSSR count). The van der Waals surface area contributed by atoms with Crippen molar-refractivity contribution in [3.8, 4) is 0 Å². The van der Waals surface area contributed by atoms with Gasteiger partial charge in [-0.25, -0.2) is 4.98 Å². The summed E-state index contributed by atoms with van der Waals surface area (Å²) >= 11 is 1.39. The van der Waals surface area contributed by atoms with Gasteiger partial charge in [-0.05, 0) is 38.8 Å². The van der Waals surface area contributed by atoms with E-state index in [2.05, 4.69) is 10.3 Å². The number of amides is 1. The number of likely N-dealkylation sites (tertiary alicyclic amines) is 1. The number of nitrogens with one attached hydrogen (secondary N) is 1. The highest BCUT2D eigenvalue weighted by Gasteiger charge is 2.25. The van der Waals surface area contributed by atoms with Crippen molar-refractivity contribution in [3.63, 3.8) is 0 Å². The smallest absolute Gasteiger partial charge is 0.271 e. The normalized spacial score (nSPS) is 15.6. The summed E-state index contributed by atoms with van der Waals surface area (Å²) in [4.78, 5) is 31.5. The van der Waals surface area contributed by atoms with Crippen molar-refractivity contribution in [1.29, 1.82) is 0 Å². The Kier molecular flexibility index (Phi) is 6.15. The van der Waals surface area contributed by atoms with E-state index in [-0.39, 0.29) is 29.4 Å². The molecule has 0 aliphatic carbocycles. The molecule has 0 spiro atoms. The van der Waals surface area contributed by atoms with Crippen LogP contribution in [-0.2, 0) is 0 Å². The van der Waals surface area contributed by atoms with Gasteiger partial charge >= 0.3 is 0 Å². The first-order valence-corrected chi connectivity index (χ1v) is 8.47. The Balaban J connectivity index is 0.00000192. The Morgan fingerprint density at radius 3 is 2.87 bits per heavy atom. The Hall–Kier alpha value is -1.44. The number of nitrogens with zero attached hydrogens (tertiary/aromatic N) is 3. The molecule has 1 aliphatic heterocycles. The van der Waals surface area contributed by atoms with Gasteiger partial charge in [0.05, 0.1) is 0 Å². The van der Waals surface area contributed by atoms with Gasteiger partial charge in [-0.15, -0.1) is 23.7 Å². The van der Waals surface area contributed by atoms with Crippen molar-refractivity contribution >= 4 is 34.6 Å². The van der Waals surface area contributed by atoms with Gasteiger partial charge in [-0.3, -0.25) is 14.0 Å². The number of halogens is 1. The molecular formula is C15H21ClN4O2S. The van der Waals surface area contributed by atoms with Crippen LogP contribution in [0.1, 0.15) is 29.6 Å². The van der Waals surface area contributed by atoms with Crippen LogP contribution in [0.3, 0.4) is 0 Å². The highest BCUT2D eigenvalue weighted by atomic mass is 35.5. The summed E-state index contributed by atoms with van der Waals surface area (Å²) in [6.45, 7) is 2.46. The molecule has 3 heterocycles. The monoisotopic (exact) mass is 356 g/mol. The van der Waals surface area contributed by atoms with E-state index in [0.29, 0.717) is 10.9 Å². The maximum Gasteiger partial charge on any atom is 0.271 e.